The van der Waals surface area contributed by atoms with E-state index in [1.54, 1.807) is 6.07 Å². The smallest absolute Gasteiger partial charge is 0.269 e. The Morgan fingerprint density at radius 3 is 2.33 bits per heavy atom. The number of hydrazine groups is 1. The zero-order valence-electron chi connectivity index (χ0n) is 16.1. The van der Waals surface area contributed by atoms with E-state index < -0.39 is 27.7 Å². The number of para-hydroxylation sites is 1. The third-order valence-electron chi connectivity index (χ3n) is 4.56. The Morgan fingerprint density at radius 2 is 1.67 bits per heavy atom. The molecular weight excluding hydrogens is 413 g/mol. The van der Waals surface area contributed by atoms with Crippen LogP contribution in [-0.4, -0.2) is 44.2 Å². The highest BCUT2D eigenvalue weighted by atomic mass is 32.2. The molecule has 0 aliphatic carbocycles. The van der Waals surface area contributed by atoms with Crippen LogP contribution in [0.5, 0.6) is 5.75 Å². The average molecular weight is 435 g/mol. The molecule has 3 rings (SSSR count). The lowest BCUT2D eigenvalue weighted by molar-refractivity contribution is -0.122. The maximum Gasteiger partial charge on any atom is 0.269 e. The van der Waals surface area contributed by atoms with Crippen LogP contribution in [0.3, 0.4) is 0 Å². The summed E-state index contributed by atoms with van der Waals surface area (Å²) in [7, 11) is -3.55. The van der Waals surface area contributed by atoms with Crippen LogP contribution >= 0.6 is 0 Å². The summed E-state index contributed by atoms with van der Waals surface area (Å²) >= 11 is 0. The highest BCUT2D eigenvalue weighted by Crippen LogP contribution is 2.21. The molecule has 0 atom stereocenters. The van der Waals surface area contributed by atoms with Crippen LogP contribution in [0.4, 0.5) is 4.39 Å². The van der Waals surface area contributed by atoms with Crippen molar-refractivity contribution in [2.75, 3.05) is 19.7 Å². The van der Waals surface area contributed by atoms with Gasteiger partial charge in [0, 0.05) is 18.7 Å². The van der Waals surface area contributed by atoms with E-state index in [4.69, 9.17) is 4.74 Å². The molecule has 1 aliphatic heterocycles. The third-order valence-corrected chi connectivity index (χ3v) is 6.47. The lowest BCUT2D eigenvalue weighted by Gasteiger charge is -2.15. The van der Waals surface area contributed by atoms with Crippen molar-refractivity contribution in [1.29, 1.82) is 0 Å². The van der Waals surface area contributed by atoms with Gasteiger partial charge in [-0.3, -0.25) is 20.4 Å². The van der Waals surface area contributed by atoms with E-state index in [1.165, 1.54) is 46.8 Å². The lowest BCUT2D eigenvalue weighted by Crippen LogP contribution is -2.42. The van der Waals surface area contributed by atoms with Gasteiger partial charge in [0.2, 0.25) is 15.9 Å². The summed E-state index contributed by atoms with van der Waals surface area (Å²) in [5.41, 5.74) is 4.67. The van der Waals surface area contributed by atoms with Gasteiger partial charge in [-0.2, -0.15) is 4.31 Å². The van der Waals surface area contributed by atoms with Gasteiger partial charge in [0.05, 0.1) is 17.9 Å². The largest absolute Gasteiger partial charge is 0.490 e. The number of nitrogens with zero attached hydrogens (tertiary/aromatic N) is 1. The first-order valence-corrected chi connectivity index (χ1v) is 10.9. The molecule has 0 aromatic heterocycles. The molecule has 0 saturated carbocycles. The number of hydrogen-bond donors (Lipinski definition) is 2. The van der Waals surface area contributed by atoms with Crippen molar-refractivity contribution in [3.63, 3.8) is 0 Å². The minimum atomic E-state index is -3.55. The van der Waals surface area contributed by atoms with Gasteiger partial charge in [0.1, 0.15) is 0 Å². The van der Waals surface area contributed by atoms with Crippen molar-refractivity contribution < 1.29 is 27.1 Å². The second-order valence-electron chi connectivity index (χ2n) is 6.67. The molecule has 2 N–H and O–H groups in total. The average Bonchev–Trinajstić information content (AvgIpc) is 3.29. The van der Waals surface area contributed by atoms with E-state index in [1.807, 2.05) is 0 Å². The fraction of sp³-hybridized carbons (Fsp3) is 0.300. The third kappa shape index (κ3) is 5.33. The number of carbonyl (C=O) groups is 2. The predicted molar refractivity (Wildman–Crippen MR) is 107 cm³/mol. The molecule has 0 unspecified atom stereocenters. The van der Waals surface area contributed by atoms with Crippen molar-refractivity contribution in [3.05, 3.63) is 59.9 Å². The second-order valence-corrected chi connectivity index (χ2v) is 8.60. The maximum absolute atomic E-state index is 13.4. The number of benzene rings is 2. The summed E-state index contributed by atoms with van der Waals surface area (Å²) in [6.45, 7) is 0.931. The van der Waals surface area contributed by atoms with Crippen LogP contribution in [0.2, 0.25) is 0 Å². The molecule has 30 heavy (non-hydrogen) atoms. The molecule has 2 aromatic rings. The quantitative estimate of drug-likeness (QED) is 0.646. The number of carbonyl (C=O) groups excluding carboxylic acids is 2. The normalized spacial score (nSPS) is 14.3. The van der Waals surface area contributed by atoms with E-state index in [2.05, 4.69) is 10.9 Å². The van der Waals surface area contributed by atoms with Crippen LogP contribution in [0, 0.1) is 5.82 Å². The van der Waals surface area contributed by atoms with Gasteiger partial charge in [0.25, 0.3) is 5.91 Å². The monoisotopic (exact) mass is 435 g/mol. The molecule has 1 saturated heterocycles. The number of halogens is 1. The molecular formula is C20H22FN3O5S. The Kier molecular flexibility index (Phi) is 7.01. The summed E-state index contributed by atoms with van der Waals surface area (Å²) < 4.78 is 45.0. The number of sulfonamides is 1. The van der Waals surface area contributed by atoms with E-state index in [9.17, 15) is 22.4 Å². The van der Waals surface area contributed by atoms with Crippen LogP contribution in [0.25, 0.3) is 0 Å². The van der Waals surface area contributed by atoms with Gasteiger partial charge in [-0.15, -0.1) is 0 Å². The molecule has 2 amide bonds. The number of rotatable bonds is 7. The maximum atomic E-state index is 13.4. The van der Waals surface area contributed by atoms with Gasteiger partial charge >= 0.3 is 0 Å². The van der Waals surface area contributed by atoms with E-state index in [0.717, 1.165) is 12.8 Å². The predicted octanol–water partition coefficient (Wildman–Crippen LogP) is 1.84. The van der Waals surface area contributed by atoms with E-state index in [0.29, 0.717) is 13.1 Å². The number of amides is 2. The summed E-state index contributed by atoms with van der Waals surface area (Å²) in [6, 6.07) is 11.3. The fourth-order valence-corrected chi connectivity index (χ4v) is 4.45. The van der Waals surface area contributed by atoms with Crippen molar-refractivity contribution in [2.24, 2.45) is 0 Å². The zero-order valence-corrected chi connectivity index (χ0v) is 17.0. The Labute approximate surface area is 174 Å². The first-order valence-electron chi connectivity index (χ1n) is 9.44. The Bertz CT molecular complexity index is 1010. The molecule has 0 bridgehead atoms. The number of hydrogen-bond acceptors (Lipinski definition) is 5. The zero-order chi connectivity index (χ0) is 21.6. The summed E-state index contributed by atoms with van der Waals surface area (Å²) in [4.78, 5) is 24.1. The van der Waals surface area contributed by atoms with Crippen molar-refractivity contribution in [1.82, 2.24) is 15.2 Å². The Balaban J connectivity index is 1.46. The number of ether oxygens (including phenoxy) is 1. The minimum absolute atomic E-state index is 0.0401. The van der Waals surface area contributed by atoms with E-state index >= 15 is 0 Å². The highest BCUT2D eigenvalue weighted by molar-refractivity contribution is 7.89. The molecule has 0 spiro atoms. The second kappa shape index (κ2) is 9.68. The van der Waals surface area contributed by atoms with Gasteiger partial charge in [-0.25, -0.2) is 12.8 Å². The van der Waals surface area contributed by atoms with Crippen LogP contribution < -0.4 is 15.6 Å². The van der Waals surface area contributed by atoms with E-state index in [-0.39, 0.29) is 29.2 Å². The van der Waals surface area contributed by atoms with Crippen molar-refractivity contribution in [2.45, 2.75) is 24.2 Å². The fourth-order valence-electron chi connectivity index (χ4n) is 2.93. The molecule has 160 valence electrons. The molecule has 0 radical (unpaired) electrons. The topological polar surface area (TPSA) is 105 Å². The Morgan fingerprint density at radius 1 is 1.00 bits per heavy atom. The van der Waals surface area contributed by atoms with Gasteiger partial charge in [-0.1, -0.05) is 12.1 Å². The molecule has 8 nitrogen and oxygen atoms in total. The van der Waals surface area contributed by atoms with Crippen molar-refractivity contribution in [3.8, 4) is 5.75 Å². The summed E-state index contributed by atoms with van der Waals surface area (Å²) in [5, 5.41) is 0. The molecule has 10 heteroatoms. The Hall–Kier alpha value is -2.98. The SMILES string of the molecule is O=C(CCOc1ccccc1F)NNC(=O)c1ccc(S(=O)(=O)N2CCCC2)cc1. The van der Waals surface area contributed by atoms with Gasteiger partial charge < -0.3 is 4.74 Å². The van der Waals surface area contributed by atoms with Crippen LogP contribution in [0.1, 0.15) is 29.6 Å². The molecule has 1 aliphatic rings. The van der Waals surface area contributed by atoms with Gasteiger partial charge in [0.15, 0.2) is 11.6 Å². The molecule has 1 fully saturated rings. The molecule has 2 aromatic carbocycles. The van der Waals surface area contributed by atoms with Gasteiger partial charge in [-0.05, 0) is 49.2 Å². The molecule has 1 heterocycles. The lowest BCUT2D eigenvalue weighted by atomic mass is 10.2. The first-order chi connectivity index (χ1) is 14.4. The van der Waals surface area contributed by atoms with Crippen LogP contribution in [-0.2, 0) is 14.8 Å². The number of nitrogens with one attached hydrogen (secondary N) is 2. The standard InChI is InChI=1S/C20H22FN3O5S/c21-17-5-1-2-6-18(17)29-14-11-19(25)22-23-20(26)15-7-9-16(10-8-15)30(27,28)24-12-3-4-13-24/h1-2,5-10H,3-4,11-14H2,(H,22,25)(H,23,26). The summed E-state index contributed by atoms with van der Waals surface area (Å²) in [5.74, 6) is -1.60. The first kappa shape index (κ1) is 21.7. The van der Waals surface area contributed by atoms with Crippen molar-refractivity contribution >= 4 is 21.8 Å². The highest BCUT2D eigenvalue weighted by Gasteiger charge is 2.27. The van der Waals surface area contributed by atoms with Crippen LogP contribution in [0.15, 0.2) is 53.4 Å². The summed E-state index contributed by atoms with van der Waals surface area (Å²) in [6.07, 6.45) is 1.58. The minimum Gasteiger partial charge on any atom is -0.490 e.